The van der Waals surface area contributed by atoms with Crippen molar-refractivity contribution in [3.05, 3.63) is 0 Å². The predicted octanol–water partition coefficient (Wildman–Crippen LogP) is 1.91. The molecule has 0 aliphatic rings. The summed E-state index contributed by atoms with van der Waals surface area (Å²) in [7, 11) is 0. The van der Waals surface area contributed by atoms with Crippen LogP contribution in [0.15, 0.2) is 0 Å². The van der Waals surface area contributed by atoms with Gasteiger partial charge in [-0.15, -0.1) is 0 Å². The predicted molar refractivity (Wildman–Crippen MR) is 57.0 cm³/mol. The van der Waals surface area contributed by atoms with Gasteiger partial charge < -0.3 is 5.32 Å². The van der Waals surface area contributed by atoms with Crippen LogP contribution < -0.4 is 5.32 Å². The summed E-state index contributed by atoms with van der Waals surface area (Å²) in [5.41, 5.74) is 0. The van der Waals surface area contributed by atoms with Crippen LogP contribution in [-0.4, -0.2) is 18.2 Å². The van der Waals surface area contributed by atoms with E-state index in [1.807, 2.05) is 6.92 Å². The van der Waals surface area contributed by atoms with E-state index in [1.54, 1.807) is 0 Å². The SMILES string of the molecule is CCC(=O)CCC(=O)NCCC(C)C. The summed E-state index contributed by atoms with van der Waals surface area (Å²) in [5.74, 6) is 0.754. The van der Waals surface area contributed by atoms with Gasteiger partial charge in [-0.25, -0.2) is 0 Å². The van der Waals surface area contributed by atoms with E-state index in [-0.39, 0.29) is 11.7 Å². The molecule has 0 spiro atoms. The minimum Gasteiger partial charge on any atom is -0.356 e. The van der Waals surface area contributed by atoms with Crippen LogP contribution in [0.5, 0.6) is 0 Å². The van der Waals surface area contributed by atoms with Gasteiger partial charge in [-0.2, -0.15) is 0 Å². The number of amides is 1. The highest BCUT2D eigenvalue weighted by atomic mass is 16.2. The van der Waals surface area contributed by atoms with Crippen molar-refractivity contribution in [3.8, 4) is 0 Å². The van der Waals surface area contributed by atoms with E-state index >= 15 is 0 Å². The van der Waals surface area contributed by atoms with E-state index in [2.05, 4.69) is 19.2 Å². The summed E-state index contributed by atoms with van der Waals surface area (Å²) >= 11 is 0. The fourth-order valence-electron chi connectivity index (χ4n) is 1.02. The molecule has 3 heteroatoms. The summed E-state index contributed by atoms with van der Waals surface area (Å²) in [6, 6.07) is 0. The molecular weight excluding hydrogens is 178 g/mol. The van der Waals surface area contributed by atoms with E-state index in [0.717, 1.165) is 13.0 Å². The molecule has 0 saturated heterocycles. The number of Topliss-reactive ketones (excluding diaryl/α,β-unsaturated/α-hetero) is 1. The third-order valence-electron chi connectivity index (χ3n) is 2.07. The van der Waals surface area contributed by atoms with E-state index in [0.29, 0.717) is 25.2 Å². The zero-order chi connectivity index (χ0) is 11.0. The van der Waals surface area contributed by atoms with Crippen LogP contribution in [0.25, 0.3) is 0 Å². The highest BCUT2D eigenvalue weighted by Gasteiger charge is 2.04. The summed E-state index contributed by atoms with van der Waals surface area (Å²) in [4.78, 5) is 22.1. The summed E-state index contributed by atoms with van der Waals surface area (Å²) in [6.07, 6.45) is 2.24. The Hall–Kier alpha value is -0.860. The van der Waals surface area contributed by atoms with Gasteiger partial charge in [-0.05, 0) is 12.3 Å². The molecule has 0 rings (SSSR count). The van der Waals surface area contributed by atoms with Gasteiger partial charge in [0.1, 0.15) is 5.78 Å². The molecule has 0 radical (unpaired) electrons. The Labute approximate surface area is 86.3 Å². The van der Waals surface area contributed by atoms with Gasteiger partial charge in [0.05, 0.1) is 0 Å². The lowest BCUT2D eigenvalue weighted by Gasteiger charge is -2.06. The Morgan fingerprint density at radius 3 is 2.36 bits per heavy atom. The monoisotopic (exact) mass is 199 g/mol. The Morgan fingerprint density at radius 2 is 1.86 bits per heavy atom. The quantitative estimate of drug-likeness (QED) is 0.680. The van der Waals surface area contributed by atoms with Crippen molar-refractivity contribution < 1.29 is 9.59 Å². The zero-order valence-electron chi connectivity index (χ0n) is 9.43. The number of rotatable bonds is 7. The van der Waals surface area contributed by atoms with E-state index < -0.39 is 0 Å². The first-order valence-corrected chi connectivity index (χ1v) is 5.34. The number of nitrogens with one attached hydrogen (secondary N) is 1. The molecule has 0 aromatic carbocycles. The second kappa shape index (κ2) is 7.54. The number of ketones is 1. The number of hydrogen-bond acceptors (Lipinski definition) is 2. The van der Waals surface area contributed by atoms with Crippen LogP contribution in [0.3, 0.4) is 0 Å². The molecule has 0 atom stereocenters. The fourth-order valence-corrected chi connectivity index (χ4v) is 1.02. The minimum absolute atomic E-state index is 0.00699. The first-order chi connectivity index (χ1) is 6.56. The lowest BCUT2D eigenvalue weighted by atomic mass is 10.1. The van der Waals surface area contributed by atoms with Crippen LogP contribution >= 0.6 is 0 Å². The Bertz CT molecular complexity index is 188. The van der Waals surface area contributed by atoms with Gasteiger partial charge in [-0.1, -0.05) is 20.8 Å². The minimum atomic E-state index is -0.00699. The van der Waals surface area contributed by atoms with Crippen molar-refractivity contribution in [2.45, 2.75) is 46.5 Å². The lowest BCUT2D eigenvalue weighted by Crippen LogP contribution is -2.25. The Morgan fingerprint density at radius 1 is 1.21 bits per heavy atom. The van der Waals surface area contributed by atoms with Gasteiger partial charge in [0.15, 0.2) is 0 Å². The molecule has 0 aliphatic carbocycles. The molecule has 0 saturated carbocycles. The van der Waals surface area contributed by atoms with Crippen LogP contribution in [-0.2, 0) is 9.59 Å². The zero-order valence-corrected chi connectivity index (χ0v) is 9.43. The number of hydrogen-bond donors (Lipinski definition) is 1. The maximum Gasteiger partial charge on any atom is 0.220 e. The third-order valence-corrected chi connectivity index (χ3v) is 2.07. The highest BCUT2D eigenvalue weighted by molar-refractivity contribution is 5.84. The summed E-state index contributed by atoms with van der Waals surface area (Å²) in [6.45, 7) is 6.77. The van der Waals surface area contributed by atoms with Crippen molar-refractivity contribution in [1.82, 2.24) is 5.32 Å². The van der Waals surface area contributed by atoms with Gasteiger partial charge in [0.25, 0.3) is 0 Å². The first kappa shape index (κ1) is 13.1. The Kier molecular flexibility index (Phi) is 7.07. The molecular formula is C11H21NO2. The molecule has 1 amide bonds. The Balaban J connectivity index is 3.42. The molecule has 14 heavy (non-hydrogen) atoms. The molecule has 0 fully saturated rings. The van der Waals surface area contributed by atoms with Crippen LogP contribution in [0.1, 0.15) is 46.5 Å². The molecule has 0 heterocycles. The van der Waals surface area contributed by atoms with Crippen LogP contribution in [0.2, 0.25) is 0 Å². The van der Waals surface area contributed by atoms with E-state index in [4.69, 9.17) is 0 Å². The van der Waals surface area contributed by atoms with Crippen molar-refractivity contribution in [2.75, 3.05) is 6.54 Å². The van der Waals surface area contributed by atoms with Crippen LogP contribution in [0.4, 0.5) is 0 Å². The van der Waals surface area contributed by atoms with E-state index in [1.165, 1.54) is 0 Å². The second-order valence-corrected chi connectivity index (χ2v) is 3.92. The fraction of sp³-hybridized carbons (Fsp3) is 0.818. The molecule has 0 bridgehead atoms. The normalized spacial score (nSPS) is 10.3. The first-order valence-electron chi connectivity index (χ1n) is 5.34. The molecule has 0 aromatic rings. The number of carbonyl (C=O) groups excluding carboxylic acids is 2. The average Bonchev–Trinajstić information content (AvgIpc) is 2.13. The average molecular weight is 199 g/mol. The van der Waals surface area contributed by atoms with Crippen LogP contribution in [0, 0.1) is 5.92 Å². The van der Waals surface area contributed by atoms with Gasteiger partial charge in [0, 0.05) is 25.8 Å². The van der Waals surface area contributed by atoms with E-state index in [9.17, 15) is 9.59 Å². The van der Waals surface area contributed by atoms with Crippen molar-refractivity contribution in [3.63, 3.8) is 0 Å². The molecule has 0 aliphatic heterocycles. The molecule has 0 unspecified atom stereocenters. The molecule has 0 aromatic heterocycles. The molecule has 3 nitrogen and oxygen atoms in total. The van der Waals surface area contributed by atoms with Crippen molar-refractivity contribution >= 4 is 11.7 Å². The molecule has 1 N–H and O–H groups in total. The number of carbonyl (C=O) groups is 2. The van der Waals surface area contributed by atoms with Crippen molar-refractivity contribution in [1.29, 1.82) is 0 Å². The maximum absolute atomic E-state index is 11.2. The topological polar surface area (TPSA) is 46.2 Å². The largest absolute Gasteiger partial charge is 0.356 e. The highest BCUT2D eigenvalue weighted by Crippen LogP contribution is 1.98. The third kappa shape index (κ3) is 7.77. The van der Waals surface area contributed by atoms with Crippen molar-refractivity contribution in [2.24, 2.45) is 5.92 Å². The maximum atomic E-state index is 11.2. The second-order valence-electron chi connectivity index (χ2n) is 3.92. The smallest absolute Gasteiger partial charge is 0.220 e. The van der Waals surface area contributed by atoms with Gasteiger partial charge in [0.2, 0.25) is 5.91 Å². The van der Waals surface area contributed by atoms with Gasteiger partial charge >= 0.3 is 0 Å². The van der Waals surface area contributed by atoms with Gasteiger partial charge in [-0.3, -0.25) is 9.59 Å². The summed E-state index contributed by atoms with van der Waals surface area (Å²) in [5, 5.41) is 2.80. The summed E-state index contributed by atoms with van der Waals surface area (Å²) < 4.78 is 0. The lowest BCUT2D eigenvalue weighted by molar-refractivity contribution is -0.125. The molecule has 82 valence electrons. The standard InChI is InChI=1S/C11H21NO2/c1-4-10(13)5-6-11(14)12-8-7-9(2)3/h9H,4-8H2,1-3H3,(H,12,14).